The minimum absolute atomic E-state index is 0.471. The van der Waals surface area contributed by atoms with Crippen LogP contribution in [0.3, 0.4) is 0 Å². The molecule has 0 saturated heterocycles. The predicted octanol–water partition coefficient (Wildman–Crippen LogP) is 1.96. The summed E-state index contributed by atoms with van der Waals surface area (Å²) in [6.07, 6.45) is 0. The SMILES string of the molecule is CCOC1=Nc2ccccc2[N]1. The van der Waals surface area contributed by atoms with Gasteiger partial charge in [0.05, 0.1) is 18.0 Å². The maximum absolute atomic E-state index is 5.17. The number of para-hydroxylation sites is 2. The zero-order valence-corrected chi connectivity index (χ0v) is 6.82. The molecular weight excluding hydrogens is 152 g/mol. The maximum Gasteiger partial charge on any atom is 0.317 e. The molecule has 0 aromatic heterocycles. The number of ether oxygens (including phenoxy) is 1. The van der Waals surface area contributed by atoms with Crippen LogP contribution in [0, 0.1) is 0 Å². The summed E-state index contributed by atoms with van der Waals surface area (Å²) in [6, 6.07) is 8.19. The number of fused-ring (bicyclic) bond motifs is 1. The van der Waals surface area contributed by atoms with Crippen molar-refractivity contribution in [3.05, 3.63) is 24.3 Å². The lowest BCUT2D eigenvalue weighted by Crippen LogP contribution is -2.10. The van der Waals surface area contributed by atoms with Gasteiger partial charge in [-0.2, -0.15) is 10.3 Å². The first kappa shape index (κ1) is 7.16. The van der Waals surface area contributed by atoms with Crippen molar-refractivity contribution in [2.45, 2.75) is 6.92 Å². The van der Waals surface area contributed by atoms with E-state index in [1.807, 2.05) is 31.2 Å². The molecule has 61 valence electrons. The van der Waals surface area contributed by atoms with Crippen LogP contribution in [0.5, 0.6) is 0 Å². The molecular formula is C9H9N2O. The fourth-order valence-corrected chi connectivity index (χ4v) is 1.08. The highest BCUT2D eigenvalue weighted by molar-refractivity contribution is 5.90. The number of amidine groups is 1. The minimum atomic E-state index is 0.471. The van der Waals surface area contributed by atoms with Gasteiger partial charge in [-0.3, -0.25) is 0 Å². The second kappa shape index (κ2) is 2.85. The van der Waals surface area contributed by atoms with Crippen LogP contribution in [0.25, 0.3) is 0 Å². The summed E-state index contributed by atoms with van der Waals surface area (Å²) in [7, 11) is 0. The topological polar surface area (TPSA) is 35.7 Å². The molecule has 12 heavy (non-hydrogen) atoms. The molecule has 0 aliphatic carbocycles. The Bertz CT molecular complexity index is 320. The van der Waals surface area contributed by atoms with E-state index >= 15 is 0 Å². The average Bonchev–Trinajstić information content (AvgIpc) is 2.47. The first-order valence-electron chi connectivity index (χ1n) is 3.92. The highest BCUT2D eigenvalue weighted by atomic mass is 16.5. The van der Waals surface area contributed by atoms with Gasteiger partial charge < -0.3 is 4.74 Å². The summed E-state index contributed by atoms with van der Waals surface area (Å²) in [4.78, 5) is 4.17. The van der Waals surface area contributed by atoms with Gasteiger partial charge in [-0.15, -0.1) is 0 Å². The highest BCUT2D eigenvalue weighted by Gasteiger charge is 2.14. The van der Waals surface area contributed by atoms with Crippen molar-refractivity contribution >= 4 is 17.4 Å². The van der Waals surface area contributed by atoms with Gasteiger partial charge in [0, 0.05) is 0 Å². The molecule has 1 aliphatic rings. The molecule has 0 spiro atoms. The summed E-state index contributed by atoms with van der Waals surface area (Å²) in [5.41, 5.74) is 1.78. The lowest BCUT2D eigenvalue weighted by Gasteiger charge is -1.98. The second-order valence-electron chi connectivity index (χ2n) is 2.43. The Balaban J connectivity index is 2.23. The summed E-state index contributed by atoms with van der Waals surface area (Å²) < 4.78 is 5.17. The Morgan fingerprint density at radius 1 is 1.25 bits per heavy atom. The molecule has 1 radical (unpaired) electrons. The van der Waals surface area contributed by atoms with Gasteiger partial charge >= 0.3 is 6.02 Å². The van der Waals surface area contributed by atoms with Crippen LogP contribution >= 0.6 is 0 Å². The van der Waals surface area contributed by atoms with Crippen LogP contribution in [-0.2, 0) is 4.74 Å². The van der Waals surface area contributed by atoms with E-state index in [1.54, 1.807) is 0 Å². The van der Waals surface area contributed by atoms with Crippen molar-refractivity contribution in [3.63, 3.8) is 0 Å². The molecule has 1 aliphatic heterocycles. The molecule has 0 amide bonds. The van der Waals surface area contributed by atoms with Gasteiger partial charge in [-0.25, -0.2) is 0 Å². The first-order valence-corrected chi connectivity index (χ1v) is 3.92. The molecule has 1 heterocycles. The van der Waals surface area contributed by atoms with Gasteiger partial charge in [0.15, 0.2) is 0 Å². The molecule has 0 unspecified atom stereocenters. The van der Waals surface area contributed by atoms with E-state index in [2.05, 4.69) is 10.3 Å². The Labute approximate surface area is 71.1 Å². The zero-order valence-electron chi connectivity index (χ0n) is 6.82. The third-order valence-corrected chi connectivity index (χ3v) is 1.59. The Kier molecular flexibility index (Phi) is 1.70. The Morgan fingerprint density at radius 2 is 2.00 bits per heavy atom. The van der Waals surface area contributed by atoms with E-state index in [0.29, 0.717) is 12.6 Å². The molecule has 0 N–H and O–H groups in total. The second-order valence-corrected chi connectivity index (χ2v) is 2.43. The summed E-state index contributed by atoms with van der Waals surface area (Å²) in [5, 5.41) is 4.17. The van der Waals surface area contributed by atoms with Crippen LogP contribution in [0.15, 0.2) is 29.3 Å². The lowest BCUT2D eigenvalue weighted by molar-refractivity contribution is 0.317. The van der Waals surface area contributed by atoms with E-state index in [0.717, 1.165) is 11.4 Å². The van der Waals surface area contributed by atoms with Gasteiger partial charge in [-0.1, -0.05) is 12.1 Å². The highest BCUT2D eigenvalue weighted by Crippen LogP contribution is 2.29. The van der Waals surface area contributed by atoms with Crippen molar-refractivity contribution < 1.29 is 4.74 Å². The standard InChI is InChI=1S/C9H9N2O/c1-2-12-9-10-7-5-3-4-6-8(7)11-9/h3-6H,2H2,1H3. The first-order chi connectivity index (χ1) is 5.90. The van der Waals surface area contributed by atoms with Crippen molar-refractivity contribution in [2.24, 2.45) is 4.99 Å². The maximum atomic E-state index is 5.17. The molecule has 3 heteroatoms. The van der Waals surface area contributed by atoms with E-state index in [1.165, 1.54) is 0 Å². The van der Waals surface area contributed by atoms with Crippen molar-refractivity contribution in [2.75, 3.05) is 6.61 Å². The molecule has 0 atom stereocenters. The van der Waals surface area contributed by atoms with E-state index < -0.39 is 0 Å². The van der Waals surface area contributed by atoms with Gasteiger partial charge in [-0.05, 0) is 19.1 Å². The molecule has 2 rings (SSSR count). The molecule has 0 fully saturated rings. The fourth-order valence-electron chi connectivity index (χ4n) is 1.08. The summed E-state index contributed by atoms with van der Waals surface area (Å²) >= 11 is 0. The molecule has 1 aromatic carbocycles. The van der Waals surface area contributed by atoms with Gasteiger partial charge in [0.1, 0.15) is 0 Å². The van der Waals surface area contributed by atoms with E-state index in [4.69, 9.17) is 4.74 Å². The summed E-state index contributed by atoms with van der Waals surface area (Å²) in [5.74, 6) is 0. The number of benzene rings is 1. The van der Waals surface area contributed by atoms with Gasteiger partial charge in [0.2, 0.25) is 0 Å². The average molecular weight is 161 g/mol. The summed E-state index contributed by atoms with van der Waals surface area (Å²) in [6.45, 7) is 2.53. The van der Waals surface area contributed by atoms with Crippen molar-refractivity contribution in [1.29, 1.82) is 0 Å². The van der Waals surface area contributed by atoms with E-state index in [9.17, 15) is 0 Å². The molecule has 0 bridgehead atoms. The lowest BCUT2D eigenvalue weighted by atomic mass is 10.3. The minimum Gasteiger partial charge on any atom is -0.464 e. The number of rotatable bonds is 1. The molecule has 0 saturated carbocycles. The predicted molar refractivity (Wildman–Crippen MR) is 47.0 cm³/mol. The molecule has 1 aromatic rings. The smallest absolute Gasteiger partial charge is 0.317 e. The Morgan fingerprint density at radius 3 is 2.67 bits per heavy atom. The van der Waals surface area contributed by atoms with Crippen LogP contribution in [0.2, 0.25) is 0 Å². The quantitative estimate of drug-likeness (QED) is 0.620. The van der Waals surface area contributed by atoms with Crippen molar-refractivity contribution in [1.82, 2.24) is 5.32 Å². The van der Waals surface area contributed by atoms with Crippen molar-refractivity contribution in [3.8, 4) is 0 Å². The molecule has 3 nitrogen and oxygen atoms in total. The third kappa shape index (κ3) is 1.13. The number of aliphatic imine (C=N–C) groups is 1. The fraction of sp³-hybridized carbons (Fsp3) is 0.222. The largest absolute Gasteiger partial charge is 0.464 e. The van der Waals surface area contributed by atoms with E-state index in [-0.39, 0.29) is 0 Å². The van der Waals surface area contributed by atoms with Gasteiger partial charge in [0.25, 0.3) is 0 Å². The number of hydrogen-bond acceptors (Lipinski definition) is 2. The monoisotopic (exact) mass is 161 g/mol. The Hall–Kier alpha value is -1.51. The number of nitrogens with zero attached hydrogens (tertiary/aromatic N) is 2. The number of hydrogen-bond donors (Lipinski definition) is 0. The van der Waals surface area contributed by atoms with Crippen LogP contribution in [0.1, 0.15) is 6.92 Å². The van der Waals surface area contributed by atoms with Crippen LogP contribution in [-0.4, -0.2) is 12.6 Å². The van der Waals surface area contributed by atoms with Crippen LogP contribution in [0.4, 0.5) is 11.4 Å². The van der Waals surface area contributed by atoms with Crippen LogP contribution < -0.4 is 5.32 Å². The zero-order chi connectivity index (χ0) is 8.39. The normalized spacial score (nSPS) is 13.2. The third-order valence-electron chi connectivity index (χ3n) is 1.59.